The summed E-state index contributed by atoms with van der Waals surface area (Å²) in [5.41, 5.74) is 1.18. The highest BCUT2D eigenvalue weighted by molar-refractivity contribution is 6.30. The molecular weight excluding hydrogens is 254 g/mol. The van der Waals surface area contributed by atoms with Crippen LogP contribution in [0.15, 0.2) is 36.4 Å². The summed E-state index contributed by atoms with van der Waals surface area (Å²) < 4.78 is 5.06. The van der Waals surface area contributed by atoms with Crippen molar-refractivity contribution in [3.8, 4) is 17.0 Å². The molecule has 0 radical (unpaired) electrons. The van der Waals surface area contributed by atoms with Gasteiger partial charge in [0.05, 0.1) is 12.8 Å². The zero-order valence-corrected chi connectivity index (χ0v) is 10.3. The van der Waals surface area contributed by atoms with Gasteiger partial charge >= 0.3 is 5.97 Å². The van der Waals surface area contributed by atoms with Gasteiger partial charge < -0.3 is 9.84 Å². The lowest BCUT2D eigenvalue weighted by Gasteiger charge is -2.06. The summed E-state index contributed by atoms with van der Waals surface area (Å²) in [6, 6.07) is 10.1. The highest BCUT2D eigenvalue weighted by atomic mass is 35.5. The number of pyridine rings is 1. The molecule has 92 valence electrons. The normalized spacial score (nSPS) is 10.1. The molecule has 1 aromatic carbocycles. The maximum Gasteiger partial charge on any atom is 0.354 e. The molecule has 4 nitrogen and oxygen atoms in total. The van der Waals surface area contributed by atoms with E-state index in [2.05, 4.69) is 4.98 Å². The molecule has 0 aliphatic rings. The molecule has 0 fully saturated rings. The van der Waals surface area contributed by atoms with E-state index in [1.54, 1.807) is 30.3 Å². The van der Waals surface area contributed by atoms with Crippen LogP contribution in [0.4, 0.5) is 0 Å². The molecule has 0 aliphatic carbocycles. The lowest BCUT2D eigenvalue weighted by Crippen LogP contribution is -2.02. The Bertz CT molecular complexity index is 599. The van der Waals surface area contributed by atoms with Crippen LogP contribution in [0.1, 0.15) is 10.5 Å². The Hall–Kier alpha value is -2.07. The fourth-order valence-corrected chi connectivity index (χ4v) is 1.72. The zero-order valence-electron chi connectivity index (χ0n) is 9.55. The molecule has 18 heavy (non-hydrogen) atoms. The Labute approximate surface area is 109 Å². The number of aromatic carboxylic acids is 1. The molecule has 2 aromatic rings. The first-order valence-corrected chi connectivity index (χ1v) is 5.53. The summed E-state index contributed by atoms with van der Waals surface area (Å²) in [5, 5.41) is 9.55. The Kier molecular flexibility index (Phi) is 3.48. The number of carboxylic acids is 1. The minimum absolute atomic E-state index is 0.0654. The van der Waals surface area contributed by atoms with Crippen molar-refractivity contribution < 1.29 is 14.6 Å². The number of halogens is 1. The van der Waals surface area contributed by atoms with E-state index < -0.39 is 5.97 Å². The molecule has 0 bridgehead atoms. The van der Waals surface area contributed by atoms with Crippen molar-refractivity contribution in [2.45, 2.75) is 0 Å². The van der Waals surface area contributed by atoms with E-state index in [-0.39, 0.29) is 5.69 Å². The topological polar surface area (TPSA) is 59.4 Å². The second-order valence-corrected chi connectivity index (χ2v) is 4.03. The van der Waals surface area contributed by atoms with Crippen molar-refractivity contribution >= 4 is 17.6 Å². The van der Waals surface area contributed by atoms with Gasteiger partial charge in [0.1, 0.15) is 5.75 Å². The average molecular weight is 264 g/mol. The fraction of sp³-hybridized carbons (Fsp3) is 0.0769. The van der Waals surface area contributed by atoms with E-state index in [1.165, 1.54) is 13.2 Å². The van der Waals surface area contributed by atoms with Gasteiger partial charge in [0.15, 0.2) is 5.69 Å². The third-order valence-electron chi connectivity index (χ3n) is 2.37. The molecule has 0 atom stereocenters. The third-order valence-corrected chi connectivity index (χ3v) is 2.61. The van der Waals surface area contributed by atoms with Gasteiger partial charge in [-0.05, 0) is 12.1 Å². The van der Waals surface area contributed by atoms with E-state index >= 15 is 0 Å². The van der Waals surface area contributed by atoms with Gasteiger partial charge in [-0.1, -0.05) is 23.7 Å². The van der Waals surface area contributed by atoms with Crippen molar-refractivity contribution in [2.24, 2.45) is 0 Å². The predicted octanol–water partition coefficient (Wildman–Crippen LogP) is 3.11. The molecule has 0 spiro atoms. The number of carbonyl (C=O) groups is 1. The maximum atomic E-state index is 11.0. The fourth-order valence-electron chi connectivity index (χ4n) is 1.53. The monoisotopic (exact) mass is 263 g/mol. The van der Waals surface area contributed by atoms with E-state index in [0.717, 1.165) is 5.56 Å². The number of aromatic nitrogens is 1. The maximum absolute atomic E-state index is 11.0. The van der Waals surface area contributed by atoms with Crippen LogP contribution < -0.4 is 4.74 Å². The standard InChI is InChI=1S/C13H10ClNO3/c1-18-10-6-11(15-12(7-10)13(16)17)8-3-2-4-9(14)5-8/h2-7H,1H3,(H,16,17). The second-order valence-electron chi connectivity index (χ2n) is 3.59. The minimum atomic E-state index is -1.10. The van der Waals surface area contributed by atoms with E-state index in [9.17, 15) is 4.79 Å². The zero-order chi connectivity index (χ0) is 13.1. The summed E-state index contributed by atoms with van der Waals surface area (Å²) >= 11 is 5.90. The highest BCUT2D eigenvalue weighted by Crippen LogP contribution is 2.25. The first-order chi connectivity index (χ1) is 8.60. The number of nitrogens with zero attached hydrogens (tertiary/aromatic N) is 1. The Morgan fingerprint density at radius 2 is 2.11 bits per heavy atom. The molecule has 5 heteroatoms. The van der Waals surface area contributed by atoms with Crippen LogP contribution in [0.3, 0.4) is 0 Å². The predicted molar refractivity (Wildman–Crippen MR) is 68.2 cm³/mol. The van der Waals surface area contributed by atoms with Gasteiger partial charge in [0.2, 0.25) is 0 Å². The SMILES string of the molecule is COc1cc(C(=O)O)nc(-c2cccc(Cl)c2)c1. The lowest BCUT2D eigenvalue weighted by molar-refractivity contribution is 0.0690. The molecule has 0 saturated heterocycles. The van der Waals surface area contributed by atoms with Crippen LogP contribution in [0.25, 0.3) is 11.3 Å². The van der Waals surface area contributed by atoms with Crippen molar-refractivity contribution in [3.05, 3.63) is 47.1 Å². The van der Waals surface area contributed by atoms with Crippen molar-refractivity contribution in [1.82, 2.24) is 4.98 Å². The Morgan fingerprint density at radius 3 is 2.72 bits per heavy atom. The van der Waals surface area contributed by atoms with E-state index in [4.69, 9.17) is 21.4 Å². The Morgan fingerprint density at radius 1 is 1.33 bits per heavy atom. The molecule has 1 heterocycles. The minimum Gasteiger partial charge on any atom is -0.497 e. The summed E-state index contributed by atoms with van der Waals surface area (Å²) in [6.45, 7) is 0. The first-order valence-electron chi connectivity index (χ1n) is 5.15. The number of carboxylic acid groups (broad SMARTS) is 1. The number of benzene rings is 1. The van der Waals surface area contributed by atoms with Gasteiger partial charge in [-0.2, -0.15) is 0 Å². The number of ether oxygens (including phenoxy) is 1. The number of rotatable bonds is 3. The molecule has 0 amide bonds. The number of hydrogen-bond donors (Lipinski definition) is 1. The average Bonchev–Trinajstić information content (AvgIpc) is 2.38. The largest absolute Gasteiger partial charge is 0.497 e. The second kappa shape index (κ2) is 5.06. The van der Waals surface area contributed by atoms with Crippen LogP contribution in [0.5, 0.6) is 5.75 Å². The van der Waals surface area contributed by atoms with Crippen LogP contribution in [0, 0.1) is 0 Å². The lowest BCUT2D eigenvalue weighted by atomic mass is 10.1. The van der Waals surface area contributed by atoms with Crippen LogP contribution in [-0.2, 0) is 0 Å². The van der Waals surface area contributed by atoms with Crippen molar-refractivity contribution in [1.29, 1.82) is 0 Å². The summed E-state index contributed by atoms with van der Waals surface area (Å²) in [4.78, 5) is 15.0. The van der Waals surface area contributed by atoms with Gasteiger partial charge in [-0.25, -0.2) is 9.78 Å². The molecule has 1 N–H and O–H groups in total. The third kappa shape index (κ3) is 2.60. The molecule has 0 saturated carbocycles. The summed E-state index contributed by atoms with van der Waals surface area (Å²) in [7, 11) is 1.47. The van der Waals surface area contributed by atoms with Gasteiger partial charge in [-0.3, -0.25) is 0 Å². The number of hydrogen-bond acceptors (Lipinski definition) is 3. The van der Waals surface area contributed by atoms with Crippen LogP contribution >= 0.6 is 11.6 Å². The van der Waals surface area contributed by atoms with Crippen molar-refractivity contribution in [2.75, 3.05) is 7.11 Å². The Balaban J connectivity index is 2.56. The quantitative estimate of drug-likeness (QED) is 0.924. The summed E-state index contributed by atoms with van der Waals surface area (Å²) in [5.74, 6) is -0.658. The number of methoxy groups -OCH3 is 1. The van der Waals surface area contributed by atoms with Gasteiger partial charge in [0, 0.05) is 22.7 Å². The van der Waals surface area contributed by atoms with E-state index in [1.807, 2.05) is 0 Å². The summed E-state index contributed by atoms with van der Waals surface area (Å²) in [6.07, 6.45) is 0. The molecule has 0 aliphatic heterocycles. The van der Waals surface area contributed by atoms with Crippen LogP contribution in [0.2, 0.25) is 5.02 Å². The van der Waals surface area contributed by atoms with Gasteiger partial charge in [0.25, 0.3) is 0 Å². The van der Waals surface area contributed by atoms with Gasteiger partial charge in [-0.15, -0.1) is 0 Å². The smallest absolute Gasteiger partial charge is 0.354 e. The van der Waals surface area contributed by atoms with Crippen molar-refractivity contribution in [3.63, 3.8) is 0 Å². The molecular formula is C13H10ClNO3. The van der Waals surface area contributed by atoms with Crippen LogP contribution in [-0.4, -0.2) is 23.2 Å². The molecule has 1 aromatic heterocycles. The first kappa shape index (κ1) is 12.4. The highest BCUT2D eigenvalue weighted by Gasteiger charge is 2.10. The van der Waals surface area contributed by atoms with E-state index in [0.29, 0.717) is 16.5 Å². The molecule has 2 rings (SSSR count). The molecule has 0 unspecified atom stereocenters.